The van der Waals surface area contributed by atoms with E-state index in [0.717, 1.165) is 0 Å². The number of nitrogens with zero attached hydrogens (tertiary/aromatic N) is 1. The number of hydrogen-bond donors (Lipinski definition) is 1. The Kier molecular flexibility index (Phi) is 4.82. The van der Waals surface area contributed by atoms with Gasteiger partial charge in [0, 0.05) is 22.7 Å². The van der Waals surface area contributed by atoms with Gasteiger partial charge >= 0.3 is 0 Å². The molecule has 0 saturated carbocycles. The fourth-order valence-electron chi connectivity index (χ4n) is 2.25. The van der Waals surface area contributed by atoms with Crippen molar-refractivity contribution in [3.63, 3.8) is 0 Å². The summed E-state index contributed by atoms with van der Waals surface area (Å²) in [6.45, 7) is 4.34. The SMILES string of the molecule is COc1cc(Br)c(N)cc1S(=O)(=O)N1CC(C)OCC1C. The number of halogens is 1. The van der Waals surface area contributed by atoms with E-state index in [0.29, 0.717) is 23.3 Å². The van der Waals surface area contributed by atoms with Crippen LogP contribution in [-0.4, -0.2) is 45.1 Å². The van der Waals surface area contributed by atoms with E-state index in [1.165, 1.54) is 17.5 Å². The lowest BCUT2D eigenvalue weighted by Gasteiger charge is -2.36. The summed E-state index contributed by atoms with van der Waals surface area (Å²) in [4.78, 5) is 0.0756. The molecule has 1 heterocycles. The van der Waals surface area contributed by atoms with Gasteiger partial charge in [0.1, 0.15) is 10.6 Å². The number of anilines is 1. The Labute approximate surface area is 133 Å². The smallest absolute Gasteiger partial charge is 0.247 e. The molecule has 0 aliphatic carbocycles. The standard InChI is InChI=1S/C13H19BrN2O4S/c1-8-7-20-9(2)6-16(8)21(17,18)13-5-11(15)10(14)4-12(13)19-3/h4-5,8-9H,6-7,15H2,1-3H3. The van der Waals surface area contributed by atoms with Crippen LogP contribution in [0.1, 0.15) is 13.8 Å². The molecule has 0 aromatic heterocycles. The molecule has 118 valence electrons. The molecule has 0 bridgehead atoms. The van der Waals surface area contributed by atoms with Gasteiger partial charge < -0.3 is 15.2 Å². The predicted molar refractivity (Wildman–Crippen MR) is 83.9 cm³/mol. The fourth-order valence-corrected chi connectivity index (χ4v) is 4.43. The van der Waals surface area contributed by atoms with E-state index in [9.17, 15) is 8.42 Å². The lowest BCUT2D eigenvalue weighted by Crippen LogP contribution is -2.50. The third-order valence-corrected chi connectivity index (χ3v) is 6.11. The molecule has 21 heavy (non-hydrogen) atoms. The van der Waals surface area contributed by atoms with Gasteiger partial charge in [0.05, 0.1) is 19.8 Å². The summed E-state index contributed by atoms with van der Waals surface area (Å²) in [5, 5.41) is 0. The molecule has 6 nitrogen and oxygen atoms in total. The zero-order chi connectivity index (χ0) is 15.8. The normalized spacial score (nSPS) is 24.0. The van der Waals surface area contributed by atoms with Gasteiger partial charge in [-0.3, -0.25) is 0 Å². The van der Waals surface area contributed by atoms with Gasteiger partial charge in [-0.1, -0.05) is 0 Å². The Hall–Kier alpha value is -0.830. The van der Waals surface area contributed by atoms with Crippen molar-refractivity contribution in [2.75, 3.05) is 26.0 Å². The monoisotopic (exact) mass is 378 g/mol. The van der Waals surface area contributed by atoms with Gasteiger partial charge in [0.25, 0.3) is 0 Å². The molecule has 1 aromatic rings. The number of benzene rings is 1. The number of rotatable bonds is 3. The molecule has 1 aliphatic heterocycles. The van der Waals surface area contributed by atoms with E-state index in [4.69, 9.17) is 15.2 Å². The van der Waals surface area contributed by atoms with Crippen LogP contribution in [0.5, 0.6) is 5.75 Å². The molecular weight excluding hydrogens is 360 g/mol. The molecule has 1 aromatic carbocycles. The first-order valence-electron chi connectivity index (χ1n) is 6.53. The molecule has 1 aliphatic rings. The summed E-state index contributed by atoms with van der Waals surface area (Å²) in [5.74, 6) is 0.266. The zero-order valence-electron chi connectivity index (χ0n) is 12.2. The van der Waals surface area contributed by atoms with Crippen LogP contribution in [0.3, 0.4) is 0 Å². The van der Waals surface area contributed by atoms with Crippen molar-refractivity contribution in [1.29, 1.82) is 0 Å². The first-order chi connectivity index (χ1) is 9.77. The van der Waals surface area contributed by atoms with Crippen molar-refractivity contribution in [3.05, 3.63) is 16.6 Å². The van der Waals surface area contributed by atoms with Gasteiger partial charge in [0.2, 0.25) is 10.0 Å². The summed E-state index contributed by atoms with van der Waals surface area (Å²) in [6, 6.07) is 2.75. The summed E-state index contributed by atoms with van der Waals surface area (Å²) in [5.41, 5.74) is 6.17. The van der Waals surface area contributed by atoms with Gasteiger partial charge in [-0.15, -0.1) is 0 Å². The highest BCUT2D eigenvalue weighted by Gasteiger charge is 2.36. The van der Waals surface area contributed by atoms with Crippen LogP contribution in [-0.2, 0) is 14.8 Å². The minimum Gasteiger partial charge on any atom is -0.495 e. The van der Waals surface area contributed by atoms with Gasteiger partial charge in [-0.25, -0.2) is 8.42 Å². The minimum absolute atomic E-state index is 0.0756. The molecule has 0 amide bonds. The largest absolute Gasteiger partial charge is 0.495 e. The summed E-state index contributed by atoms with van der Waals surface area (Å²) >= 11 is 3.27. The van der Waals surface area contributed by atoms with Crippen LogP contribution in [0, 0.1) is 0 Å². The summed E-state index contributed by atoms with van der Waals surface area (Å²) in [7, 11) is -2.27. The fraction of sp³-hybridized carbons (Fsp3) is 0.538. The van der Waals surface area contributed by atoms with E-state index in [-0.39, 0.29) is 22.8 Å². The van der Waals surface area contributed by atoms with Crippen LogP contribution >= 0.6 is 15.9 Å². The number of methoxy groups -OCH3 is 1. The lowest BCUT2D eigenvalue weighted by molar-refractivity contribution is -0.0171. The molecular formula is C13H19BrN2O4S. The molecule has 2 unspecified atom stereocenters. The van der Waals surface area contributed by atoms with Crippen LogP contribution in [0.2, 0.25) is 0 Å². The van der Waals surface area contributed by atoms with Gasteiger partial charge in [0.15, 0.2) is 0 Å². The molecule has 0 radical (unpaired) electrons. The Bertz CT molecular complexity index is 635. The third-order valence-electron chi connectivity index (χ3n) is 3.42. The van der Waals surface area contributed by atoms with E-state index in [1.807, 2.05) is 13.8 Å². The number of hydrogen-bond acceptors (Lipinski definition) is 5. The van der Waals surface area contributed by atoms with E-state index >= 15 is 0 Å². The van der Waals surface area contributed by atoms with Crippen molar-refractivity contribution < 1.29 is 17.9 Å². The van der Waals surface area contributed by atoms with Crippen LogP contribution < -0.4 is 10.5 Å². The molecule has 1 saturated heterocycles. The Morgan fingerprint density at radius 3 is 2.71 bits per heavy atom. The van der Waals surface area contributed by atoms with Crippen molar-refractivity contribution in [2.45, 2.75) is 30.9 Å². The van der Waals surface area contributed by atoms with Crippen molar-refractivity contribution in [3.8, 4) is 5.75 Å². The average molecular weight is 379 g/mol. The first-order valence-corrected chi connectivity index (χ1v) is 8.77. The first kappa shape index (κ1) is 16.5. The van der Waals surface area contributed by atoms with E-state index in [2.05, 4.69) is 15.9 Å². The highest BCUT2D eigenvalue weighted by Crippen LogP contribution is 2.35. The minimum atomic E-state index is -3.70. The molecule has 2 N–H and O–H groups in total. The maximum absolute atomic E-state index is 12.9. The highest BCUT2D eigenvalue weighted by atomic mass is 79.9. The molecule has 1 fully saturated rings. The average Bonchev–Trinajstić information content (AvgIpc) is 2.43. The highest BCUT2D eigenvalue weighted by molar-refractivity contribution is 9.10. The van der Waals surface area contributed by atoms with Crippen molar-refractivity contribution in [2.24, 2.45) is 0 Å². The Morgan fingerprint density at radius 1 is 1.43 bits per heavy atom. The second kappa shape index (κ2) is 6.12. The predicted octanol–water partition coefficient (Wildman–Crippen LogP) is 1.84. The summed E-state index contributed by atoms with van der Waals surface area (Å²) in [6.07, 6.45) is -0.144. The van der Waals surface area contributed by atoms with Gasteiger partial charge in [-0.05, 0) is 41.9 Å². The zero-order valence-corrected chi connectivity index (χ0v) is 14.6. The Morgan fingerprint density at radius 2 is 2.10 bits per heavy atom. The maximum atomic E-state index is 12.9. The van der Waals surface area contributed by atoms with Gasteiger partial charge in [-0.2, -0.15) is 4.31 Å². The molecule has 0 spiro atoms. The van der Waals surface area contributed by atoms with Crippen molar-refractivity contribution >= 4 is 31.6 Å². The number of morpholine rings is 1. The number of sulfonamides is 1. The number of nitrogens with two attached hydrogens (primary N) is 1. The van der Waals surface area contributed by atoms with Crippen LogP contribution in [0.4, 0.5) is 5.69 Å². The lowest BCUT2D eigenvalue weighted by atomic mass is 10.2. The molecule has 2 rings (SSSR count). The Balaban J connectivity index is 2.50. The second-order valence-electron chi connectivity index (χ2n) is 5.09. The van der Waals surface area contributed by atoms with E-state index < -0.39 is 10.0 Å². The van der Waals surface area contributed by atoms with Crippen LogP contribution in [0.15, 0.2) is 21.5 Å². The number of ether oxygens (including phenoxy) is 2. The molecule has 2 atom stereocenters. The second-order valence-corrected chi connectivity index (χ2v) is 7.81. The number of nitrogen functional groups attached to an aromatic ring is 1. The topological polar surface area (TPSA) is 81.9 Å². The summed E-state index contributed by atoms with van der Waals surface area (Å²) < 4.78 is 38.5. The maximum Gasteiger partial charge on any atom is 0.247 e. The van der Waals surface area contributed by atoms with Crippen LogP contribution in [0.25, 0.3) is 0 Å². The van der Waals surface area contributed by atoms with E-state index in [1.54, 1.807) is 6.07 Å². The van der Waals surface area contributed by atoms with Crippen molar-refractivity contribution in [1.82, 2.24) is 4.31 Å². The third kappa shape index (κ3) is 3.18. The quantitative estimate of drug-likeness (QED) is 0.811. The molecule has 8 heteroatoms.